The van der Waals surface area contributed by atoms with E-state index in [2.05, 4.69) is 15.1 Å². The Hall–Kier alpha value is -2.04. The number of benzene rings is 2. The number of nitrogens with one attached hydrogen (secondary N) is 1. The van der Waals surface area contributed by atoms with E-state index in [0.717, 1.165) is 42.5 Å². The van der Waals surface area contributed by atoms with Crippen LogP contribution in [-0.4, -0.2) is 43.5 Å². The van der Waals surface area contributed by atoms with Crippen molar-refractivity contribution >= 4 is 23.2 Å². The molecule has 5 heteroatoms. The quantitative estimate of drug-likeness (QED) is 0.906. The fraction of sp³-hybridized carbons (Fsp3) is 0.316. The molecule has 1 fully saturated rings. The first kappa shape index (κ1) is 16.8. The molecular weight excluding hydrogens is 322 g/mol. The summed E-state index contributed by atoms with van der Waals surface area (Å²) in [6.07, 6.45) is 0. The zero-order valence-corrected chi connectivity index (χ0v) is 14.4. The summed E-state index contributed by atoms with van der Waals surface area (Å²) in [6, 6.07) is 17.9. The second-order valence-corrected chi connectivity index (χ2v) is 6.38. The van der Waals surface area contributed by atoms with Gasteiger partial charge in [0.2, 0.25) is 5.91 Å². The molecule has 1 amide bonds. The number of carbonyl (C=O) groups is 1. The molecule has 0 atom stereocenters. The van der Waals surface area contributed by atoms with Gasteiger partial charge in [-0.2, -0.15) is 0 Å². The molecule has 1 heterocycles. The molecule has 1 N–H and O–H groups in total. The van der Waals surface area contributed by atoms with Gasteiger partial charge in [-0.05, 0) is 17.7 Å². The predicted octanol–water partition coefficient (Wildman–Crippen LogP) is 2.78. The monoisotopic (exact) mass is 343 g/mol. The molecule has 2 aromatic rings. The molecule has 3 rings (SSSR count). The van der Waals surface area contributed by atoms with Crippen molar-refractivity contribution in [1.29, 1.82) is 0 Å². The van der Waals surface area contributed by atoms with E-state index in [0.29, 0.717) is 13.1 Å². The number of nitrogens with zero attached hydrogens (tertiary/aromatic N) is 2. The van der Waals surface area contributed by atoms with Crippen molar-refractivity contribution in [2.24, 2.45) is 0 Å². The van der Waals surface area contributed by atoms with Crippen molar-refractivity contribution in [3.05, 3.63) is 65.2 Å². The lowest BCUT2D eigenvalue weighted by Crippen LogP contribution is -2.49. The molecule has 0 saturated carbocycles. The Labute approximate surface area is 148 Å². The van der Waals surface area contributed by atoms with Crippen LogP contribution in [0.4, 0.5) is 5.69 Å². The molecule has 0 unspecified atom stereocenters. The van der Waals surface area contributed by atoms with Crippen LogP contribution in [0, 0.1) is 0 Å². The normalized spacial score (nSPS) is 15.3. The molecule has 1 aliphatic rings. The average molecular weight is 344 g/mol. The Balaban J connectivity index is 1.44. The number of para-hydroxylation sites is 1. The lowest BCUT2D eigenvalue weighted by atomic mass is 10.2. The summed E-state index contributed by atoms with van der Waals surface area (Å²) in [5.41, 5.74) is 2.20. The standard InChI is InChI=1S/C19H22ClN3O/c20-17-8-4-5-9-18(17)23-12-10-22(11-13-23)15-19(24)21-14-16-6-2-1-3-7-16/h1-9H,10-15H2,(H,21,24). The number of hydrogen-bond acceptors (Lipinski definition) is 3. The minimum atomic E-state index is 0.0741. The van der Waals surface area contributed by atoms with Crippen LogP contribution >= 0.6 is 11.6 Å². The average Bonchev–Trinajstić information content (AvgIpc) is 2.62. The number of hydrogen-bond donors (Lipinski definition) is 1. The Kier molecular flexibility index (Phi) is 5.72. The van der Waals surface area contributed by atoms with E-state index < -0.39 is 0 Å². The second-order valence-electron chi connectivity index (χ2n) is 5.98. The third-order valence-corrected chi connectivity index (χ3v) is 4.58. The van der Waals surface area contributed by atoms with Gasteiger partial charge in [0.15, 0.2) is 0 Å². The Bertz CT molecular complexity index is 669. The summed E-state index contributed by atoms with van der Waals surface area (Å²) in [6.45, 7) is 4.53. The number of halogens is 1. The van der Waals surface area contributed by atoms with Crippen molar-refractivity contribution in [1.82, 2.24) is 10.2 Å². The zero-order chi connectivity index (χ0) is 16.8. The Morgan fingerprint density at radius 3 is 2.33 bits per heavy atom. The van der Waals surface area contributed by atoms with Crippen LogP contribution in [0.2, 0.25) is 5.02 Å². The second kappa shape index (κ2) is 8.18. The maximum atomic E-state index is 12.1. The SMILES string of the molecule is O=C(CN1CCN(c2ccccc2Cl)CC1)NCc1ccccc1. The third-order valence-electron chi connectivity index (χ3n) is 4.27. The van der Waals surface area contributed by atoms with Crippen molar-refractivity contribution in [2.75, 3.05) is 37.6 Å². The van der Waals surface area contributed by atoms with Crippen LogP contribution in [0.1, 0.15) is 5.56 Å². The Morgan fingerprint density at radius 1 is 0.958 bits per heavy atom. The highest BCUT2D eigenvalue weighted by molar-refractivity contribution is 6.33. The number of rotatable bonds is 5. The maximum absolute atomic E-state index is 12.1. The summed E-state index contributed by atoms with van der Waals surface area (Å²) in [4.78, 5) is 16.6. The summed E-state index contributed by atoms with van der Waals surface area (Å²) < 4.78 is 0. The number of piperazine rings is 1. The van der Waals surface area contributed by atoms with Crippen molar-refractivity contribution in [3.63, 3.8) is 0 Å². The van der Waals surface area contributed by atoms with E-state index in [4.69, 9.17) is 11.6 Å². The van der Waals surface area contributed by atoms with Crippen molar-refractivity contribution in [3.8, 4) is 0 Å². The highest BCUT2D eigenvalue weighted by Gasteiger charge is 2.20. The molecule has 0 radical (unpaired) electrons. The van der Waals surface area contributed by atoms with Gasteiger partial charge in [-0.1, -0.05) is 54.1 Å². The van der Waals surface area contributed by atoms with Gasteiger partial charge < -0.3 is 10.2 Å². The highest BCUT2D eigenvalue weighted by atomic mass is 35.5. The van der Waals surface area contributed by atoms with Gasteiger partial charge in [-0.3, -0.25) is 9.69 Å². The van der Waals surface area contributed by atoms with E-state index in [1.807, 2.05) is 54.6 Å². The molecule has 1 aliphatic heterocycles. The molecule has 0 bridgehead atoms. The lowest BCUT2D eigenvalue weighted by Gasteiger charge is -2.36. The van der Waals surface area contributed by atoms with E-state index in [1.54, 1.807) is 0 Å². The third kappa shape index (κ3) is 4.49. The summed E-state index contributed by atoms with van der Waals surface area (Å²) in [5.74, 6) is 0.0741. The smallest absolute Gasteiger partial charge is 0.234 e. The summed E-state index contributed by atoms with van der Waals surface area (Å²) >= 11 is 6.26. The topological polar surface area (TPSA) is 35.6 Å². The molecular formula is C19H22ClN3O. The van der Waals surface area contributed by atoms with Crippen LogP contribution < -0.4 is 10.2 Å². The van der Waals surface area contributed by atoms with Crippen molar-refractivity contribution in [2.45, 2.75) is 6.54 Å². The molecule has 1 saturated heterocycles. The van der Waals surface area contributed by atoms with Crippen molar-refractivity contribution < 1.29 is 4.79 Å². The zero-order valence-electron chi connectivity index (χ0n) is 13.6. The summed E-state index contributed by atoms with van der Waals surface area (Å²) in [5, 5.41) is 3.77. The van der Waals surface area contributed by atoms with Gasteiger partial charge in [0.25, 0.3) is 0 Å². The van der Waals surface area contributed by atoms with Gasteiger partial charge >= 0.3 is 0 Å². The number of anilines is 1. The molecule has 4 nitrogen and oxygen atoms in total. The van der Waals surface area contributed by atoms with E-state index in [1.165, 1.54) is 0 Å². The maximum Gasteiger partial charge on any atom is 0.234 e. The predicted molar refractivity (Wildman–Crippen MR) is 98.4 cm³/mol. The number of amides is 1. The van der Waals surface area contributed by atoms with Crippen LogP contribution in [0.5, 0.6) is 0 Å². The first-order valence-corrected chi connectivity index (χ1v) is 8.62. The first-order chi connectivity index (χ1) is 11.7. The van der Waals surface area contributed by atoms with Crippen LogP contribution in [0.25, 0.3) is 0 Å². The first-order valence-electron chi connectivity index (χ1n) is 8.25. The minimum Gasteiger partial charge on any atom is -0.368 e. The van der Waals surface area contributed by atoms with Gasteiger partial charge in [0.05, 0.1) is 17.3 Å². The van der Waals surface area contributed by atoms with Crippen LogP contribution in [0.15, 0.2) is 54.6 Å². The molecule has 0 aromatic heterocycles. The summed E-state index contributed by atoms with van der Waals surface area (Å²) in [7, 11) is 0. The van der Waals surface area contributed by atoms with Crippen LogP contribution in [-0.2, 0) is 11.3 Å². The molecule has 0 spiro atoms. The highest BCUT2D eigenvalue weighted by Crippen LogP contribution is 2.25. The van der Waals surface area contributed by atoms with Crippen LogP contribution in [0.3, 0.4) is 0 Å². The molecule has 24 heavy (non-hydrogen) atoms. The fourth-order valence-electron chi connectivity index (χ4n) is 2.91. The number of carbonyl (C=O) groups excluding carboxylic acids is 1. The molecule has 0 aliphatic carbocycles. The fourth-order valence-corrected chi connectivity index (χ4v) is 3.17. The van der Waals surface area contributed by atoms with Gasteiger partial charge in [-0.15, -0.1) is 0 Å². The molecule has 126 valence electrons. The van der Waals surface area contributed by atoms with Gasteiger partial charge in [0.1, 0.15) is 0 Å². The minimum absolute atomic E-state index is 0.0741. The molecule has 2 aromatic carbocycles. The largest absolute Gasteiger partial charge is 0.368 e. The lowest BCUT2D eigenvalue weighted by molar-refractivity contribution is -0.122. The Morgan fingerprint density at radius 2 is 1.62 bits per heavy atom. The van der Waals surface area contributed by atoms with E-state index in [-0.39, 0.29) is 5.91 Å². The van der Waals surface area contributed by atoms with E-state index >= 15 is 0 Å². The van der Waals surface area contributed by atoms with Gasteiger partial charge in [-0.25, -0.2) is 0 Å². The van der Waals surface area contributed by atoms with Gasteiger partial charge in [0, 0.05) is 32.7 Å². The van der Waals surface area contributed by atoms with E-state index in [9.17, 15) is 4.79 Å².